The van der Waals surface area contributed by atoms with Crippen molar-refractivity contribution < 1.29 is 33.8 Å². The maximum absolute atomic E-state index is 11.8. The summed E-state index contributed by atoms with van der Waals surface area (Å²) >= 11 is 0. The molecule has 0 fully saturated rings. The van der Waals surface area contributed by atoms with E-state index in [9.17, 15) is 19.8 Å². The zero-order chi connectivity index (χ0) is 27.8. The first-order valence-corrected chi connectivity index (χ1v) is 13.1. The summed E-state index contributed by atoms with van der Waals surface area (Å²) in [7, 11) is 5.32. The van der Waals surface area contributed by atoms with Crippen molar-refractivity contribution in [2.24, 2.45) is 0 Å². The molecule has 7 heteroatoms. The van der Waals surface area contributed by atoms with E-state index < -0.39 is 18.1 Å². The van der Waals surface area contributed by atoms with Gasteiger partial charge < -0.3 is 29.0 Å². The van der Waals surface area contributed by atoms with E-state index in [2.05, 4.69) is 19.1 Å². The van der Waals surface area contributed by atoms with Crippen LogP contribution in [0.4, 0.5) is 0 Å². The van der Waals surface area contributed by atoms with Crippen LogP contribution in [-0.4, -0.2) is 74.6 Å². The van der Waals surface area contributed by atoms with Gasteiger partial charge in [-0.2, -0.15) is 0 Å². The number of carbonyl (C=O) groups excluding carboxylic acids is 2. The lowest BCUT2D eigenvalue weighted by molar-refractivity contribution is -0.889. The van der Waals surface area contributed by atoms with E-state index in [-0.39, 0.29) is 36.7 Å². The topological polar surface area (TPSA) is 95.9 Å². The molecule has 1 N–H and O–H groups in total. The third-order valence-corrected chi connectivity index (χ3v) is 5.25. The molecule has 2 atom stereocenters. The molecule has 0 radical (unpaired) electrons. The third kappa shape index (κ3) is 22.2. The molecular formula is C30H47NO6. The van der Waals surface area contributed by atoms with Crippen LogP contribution >= 0.6 is 0 Å². The Labute approximate surface area is 223 Å². The molecule has 0 aliphatic carbocycles. The summed E-state index contributed by atoms with van der Waals surface area (Å²) in [6.07, 6.45) is 28.4. The van der Waals surface area contributed by atoms with Gasteiger partial charge in [-0.1, -0.05) is 86.3 Å². The van der Waals surface area contributed by atoms with Crippen LogP contribution in [0, 0.1) is 0 Å². The predicted octanol–water partition coefficient (Wildman–Crippen LogP) is 3.82. The molecule has 0 aliphatic rings. The van der Waals surface area contributed by atoms with Crippen molar-refractivity contribution in [3.63, 3.8) is 0 Å². The first-order chi connectivity index (χ1) is 17.7. The summed E-state index contributed by atoms with van der Waals surface area (Å²) in [6.45, 7) is 2.12. The number of carbonyl (C=O) groups is 2. The normalized spacial score (nSPS) is 14.7. The van der Waals surface area contributed by atoms with Gasteiger partial charge in [0.05, 0.1) is 40.3 Å². The van der Waals surface area contributed by atoms with Crippen LogP contribution in [0.5, 0.6) is 0 Å². The molecule has 2 unspecified atom stereocenters. The predicted molar refractivity (Wildman–Crippen MR) is 147 cm³/mol. The van der Waals surface area contributed by atoms with Gasteiger partial charge in [0, 0.05) is 12.8 Å². The number of unbranched alkanes of at least 4 members (excludes halogenated alkanes) is 3. The highest BCUT2D eigenvalue weighted by atomic mass is 16.5. The molecule has 0 aromatic carbocycles. The highest BCUT2D eigenvalue weighted by Crippen LogP contribution is 2.08. The van der Waals surface area contributed by atoms with Crippen molar-refractivity contribution >= 4 is 11.9 Å². The number of carboxylic acids is 1. The summed E-state index contributed by atoms with van der Waals surface area (Å²) in [5.41, 5.74) is 0. The molecule has 0 amide bonds. The number of carboxylic acid groups (broad SMARTS) is 1. The van der Waals surface area contributed by atoms with Crippen molar-refractivity contribution in [3.05, 3.63) is 72.9 Å². The van der Waals surface area contributed by atoms with Gasteiger partial charge in [0.2, 0.25) is 0 Å². The van der Waals surface area contributed by atoms with E-state index >= 15 is 0 Å². The number of likely N-dealkylation sites (N-methyl/N-ethyl adjacent to an activating group) is 1. The highest BCUT2D eigenvalue weighted by molar-refractivity contribution is 5.69. The summed E-state index contributed by atoms with van der Waals surface area (Å²) in [6, 6.07) is -0.697. The Hall–Kier alpha value is -2.74. The first kappa shape index (κ1) is 34.3. The standard InChI is InChI=1S/C30H47NO6/c1-5-6-7-8-9-10-11-12-13-14-15-16-17-18-19-20-21-22-29(33)37-26-27(32)25-36-24-23-28(30(34)35)31(2,3)4/h6-17,27-28,32H,5,18-26H2,1-4H3/b7-6+,9-8+,11-10+,13-12+,15-14+,17-16+. The lowest BCUT2D eigenvalue weighted by atomic mass is 10.1. The minimum Gasteiger partial charge on any atom is -0.544 e. The molecule has 0 saturated carbocycles. The number of quaternary nitrogens is 1. The van der Waals surface area contributed by atoms with E-state index in [0.717, 1.165) is 32.1 Å². The second kappa shape index (κ2) is 22.5. The van der Waals surface area contributed by atoms with Crippen molar-refractivity contribution in [1.82, 2.24) is 0 Å². The fraction of sp³-hybridized carbons (Fsp3) is 0.533. The maximum atomic E-state index is 11.8. The molecule has 0 aromatic heterocycles. The maximum Gasteiger partial charge on any atom is 0.305 e. The minimum absolute atomic E-state index is 0.0221. The van der Waals surface area contributed by atoms with Gasteiger partial charge in [-0.3, -0.25) is 4.79 Å². The number of nitrogens with zero attached hydrogens (tertiary/aromatic N) is 1. The number of aliphatic carboxylic acids is 1. The van der Waals surface area contributed by atoms with Crippen LogP contribution in [0.15, 0.2) is 72.9 Å². The molecule has 0 saturated heterocycles. The molecule has 7 nitrogen and oxygen atoms in total. The second-order valence-electron chi connectivity index (χ2n) is 9.55. The third-order valence-electron chi connectivity index (χ3n) is 5.25. The quantitative estimate of drug-likeness (QED) is 0.108. The Bertz CT molecular complexity index is 786. The summed E-state index contributed by atoms with van der Waals surface area (Å²) in [4.78, 5) is 23.0. The zero-order valence-corrected chi connectivity index (χ0v) is 23.1. The molecule has 208 valence electrons. The van der Waals surface area contributed by atoms with Gasteiger partial charge >= 0.3 is 5.97 Å². The van der Waals surface area contributed by atoms with Gasteiger partial charge in [0.1, 0.15) is 18.8 Å². The fourth-order valence-corrected chi connectivity index (χ4v) is 3.16. The molecule has 0 heterocycles. The number of aliphatic hydroxyl groups is 1. The van der Waals surface area contributed by atoms with E-state index in [4.69, 9.17) is 9.47 Å². The SMILES string of the molecule is CC/C=C/C=C/C=C/C=C/C=C/C=C/CCCCCC(=O)OCC(O)COCCC(C(=O)[O-])[N+](C)(C)C. The zero-order valence-electron chi connectivity index (χ0n) is 23.1. The van der Waals surface area contributed by atoms with Crippen LogP contribution in [0.3, 0.4) is 0 Å². The van der Waals surface area contributed by atoms with Gasteiger partial charge in [-0.15, -0.1) is 0 Å². The smallest absolute Gasteiger partial charge is 0.305 e. The number of ether oxygens (including phenoxy) is 2. The summed E-state index contributed by atoms with van der Waals surface area (Å²) < 4.78 is 10.6. The largest absolute Gasteiger partial charge is 0.544 e. The number of aliphatic hydroxyl groups excluding tert-OH is 1. The van der Waals surface area contributed by atoms with E-state index in [0.29, 0.717) is 6.42 Å². The summed E-state index contributed by atoms with van der Waals surface area (Å²) in [5.74, 6) is -1.47. The number of allylic oxidation sites excluding steroid dienone is 12. The number of esters is 1. The van der Waals surface area contributed by atoms with Gasteiger partial charge in [0.15, 0.2) is 0 Å². The van der Waals surface area contributed by atoms with Gasteiger partial charge in [-0.25, -0.2) is 0 Å². The van der Waals surface area contributed by atoms with Gasteiger partial charge in [-0.05, 0) is 25.7 Å². The Morgan fingerprint density at radius 3 is 1.95 bits per heavy atom. The van der Waals surface area contributed by atoms with E-state index in [1.54, 1.807) is 21.1 Å². The highest BCUT2D eigenvalue weighted by Gasteiger charge is 2.24. The summed E-state index contributed by atoms with van der Waals surface area (Å²) in [5, 5.41) is 21.1. The van der Waals surface area contributed by atoms with Crippen LogP contribution in [-0.2, 0) is 19.1 Å². The van der Waals surface area contributed by atoms with Crippen molar-refractivity contribution in [2.75, 3.05) is 41.0 Å². The van der Waals surface area contributed by atoms with Crippen LogP contribution in [0.1, 0.15) is 51.9 Å². The number of hydrogen-bond donors (Lipinski definition) is 1. The number of hydrogen-bond acceptors (Lipinski definition) is 6. The monoisotopic (exact) mass is 517 g/mol. The molecule has 37 heavy (non-hydrogen) atoms. The molecule has 0 aromatic rings. The van der Waals surface area contributed by atoms with Gasteiger partial charge in [0.25, 0.3) is 0 Å². The lowest BCUT2D eigenvalue weighted by Crippen LogP contribution is -2.55. The van der Waals surface area contributed by atoms with Crippen LogP contribution in [0.25, 0.3) is 0 Å². The van der Waals surface area contributed by atoms with Crippen LogP contribution in [0.2, 0.25) is 0 Å². The Morgan fingerprint density at radius 1 is 0.838 bits per heavy atom. The number of rotatable bonds is 21. The molecule has 0 bridgehead atoms. The van der Waals surface area contributed by atoms with Crippen molar-refractivity contribution in [2.45, 2.75) is 64.0 Å². The van der Waals surface area contributed by atoms with Crippen LogP contribution < -0.4 is 5.11 Å². The molecule has 0 aliphatic heterocycles. The van der Waals surface area contributed by atoms with E-state index in [1.807, 2.05) is 60.8 Å². The first-order valence-electron chi connectivity index (χ1n) is 13.1. The lowest BCUT2D eigenvalue weighted by Gasteiger charge is -2.34. The van der Waals surface area contributed by atoms with Crippen molar-refractivity contribution in [1.29, 1.82) is 0 Å². The molecular weight excluding hydrogens is 470 g/mol. The van der Waals surface area contributed by atoms with E-state index in [1.165, 1.54) is 0 Å². The minimum atomic E-state index is -1.13. The van der Waals surface area contributed by atoms with Crippen molar-refractivity contribution in [3.8, 4) is 0 Å². The Morgan fingerprint density at radius 2 is 1.41 bits per heavy atom. The second-order valence-corrected chi connectivity index (χ2v) is 9.55. The molecule has 0 rings (SSSR count). The average Bonchev–Trinajstić information content (AvgIpc) is 2.83. The Balaban J connectivity index is 3.78. The Kier molecular flexibility index (Phi) is 20.8. The fourth-order valence-electron chi connectivity index (χ4n) is 3.16. The molecule has 0 spiro atoms. The average molecular weight is 518 g/mol.